The summed E-state index contributed by atoms with van der Waals surface area (Å²) in [6.07, 6.45) is 3.35. The van der Waals surface area contributed by atoms with E-state index in [9.17, 15) is 0 Å². The number of hydrogen-bond donors (Lipinski definition) is 1. The van der Waals surface area contributed by atoms with Gasteiger partial charge in [0.15, 0.2) is 5.82 Å². The second kappa shape index (κ2) is 3.86. The van der Waals surface area contributed by atoms with Crippen molar-refractivity contribution in [2.24, 2.45) is 5.73 Å². The Labute approximate surface area is 88.8 Å². The lowest BCUT2D eigenvalue weighted by Gasteiger charge is -2.40. The van der Waals surface area contributed by atoms with Gasteiger partial charge in [-0.1, -0.05) is 0 Å². The van der Waals surface area contributed by atoms with Crippen LogP contribution in [0.2, 0.25) is 0 Å². The van der Waals surface area contributed by atoms with Crippen LogP contribution < -0.4 is 5.73 Å². The van der Waals surface area contributed by atoms with Crippen LogP contribution in [0.25, 0.3) is 0 Å². The smallest absolute Gasteiger partial charge is 0.167 e. The van der Waals surface area contributed by atoms with Crippen LogP contribution in [0.5, 0.6) is 0 Å². The molecule has 0 aliphatic heterocycles. The molecule has 0 saturated heterocycles. The molecule has 6 nitrogen and oxygen atoms in total. The van der Waals surface area contributed by atoms with Gasteiger partial charge in [-0.05, 0) is 36.6 Å². The van der Waals surface area contributed by atoms with Gasteiger partial charge in [-0.25, -0.2) is 4.68 Å². The van der Waals surface area contributed by atoms with Crippen molar-refractivity contribution in [1.29, 1.82) is 0 Å². The van der Waals surface area contributed by atoms with Gasteiger partial charge in [-0.15, -0.1) is 5.10 Å². The number of aromatic nitrogens is 4. The first-order valence-corrected chi connectivity index (χ1v) is 5.24. The van der Waals surface area contributed by atoms with Crippen LogP contribution >= 0.6 is 0 Å². The summed E-state index contributed by atoms with van der Waals surface area (Å²) < 4.78 is 7.28. The third-order valence-electron chi connectivity index (χ3n) is 3.10. The third-order valence-corrected chi connectivity index (χ3v) is 3.10. The molecule has 1 heterocycles. The minimum atomic E-state index is -0.144. The Bertz CT molecular complexity index is 325. The molecule has 0 amide bonds. The summed E-state index contributed by atoms with van der Waals surface area (Å²) in [5.74, 6) is 0.721. The second-order valence-electron chi connectivity index (χ2n) is 4.22. The quantitative estimate of drug-likeness (QED) is 0.773. The molecule has 1 aromatic rings. The van der Waals surface area contributed by atoms with Gasteiger partial charge in [0.05, 0.1) is 18.2 Å². The van der Waals surface area contributed by atoms with Crippen LogP contribution in [0.4, 0.5) is 0 Å². The lowest BCUT2D eigenvalue weighted by atomic mass is 9.80. The molecule has 0 bridgehead atoms. The summed E-state index contributed by atoms with van der Waals surface area (Å²) in [4.78, 5) is 0. The van der Waals surface area contributed by atoms with Crippen molar-refractivity contribution in [3.8, 4) is 0 Å². The summed E-state index contributed by atoms with van der Waals surface area (Å²) in [7, 11) is 1.75. The Morgan fingerprint density at radius 3 is 2.80 bits per heavy atom. The average molecular weight is 211 g/mol. The van der Waals surface area contributed by atoms with Crippen molar-refractivity contribution in [2.45, 2.75) is 44.4 Å². The molecular formula is C9H17N5O. The van der Waals surface area contributed by atoms with Gasteiger partial charge in [0.1, 0.15) is 0 Å². The highest BCUT2D eigenvalue weighted by molar-refractivity contribution is 4.94. The summed E-state index contributed by atoms with van der Waals surface area (Å²) in [5.41, 5.74) is 5.70. The highest BCUT2D eigenvalue weighted by Crippen LogP contribution is 2.36. The van der Waals surface area contributed by atoms with Crippen LogP contribution in [0.1, 0.15) is 38.1 Å². The zero-order valence-corrected chi connectivity index (χ0v) is 9.18. The van der Waals surface area contributed by atoms with E-state index in [4.69, 9.17) is 10.5 Å². The first-order valence-electron chi connectivity index (χ1n) is 5.24. The van der Waals surface area contributed by atoms with Crippen LogP contribution in [0.3, 0.4) is 0 Å². The second-order valence-corrected chi connectivity index (χ2v) is 4.22. The largest absolute Gasteiger partial charge is 0.376 e. The molecule has 84 valence electrons. The van der Waals surface area contributed by atoms with E-state index in [-0.39, 0.29) is 11.6 Å². The van der Waals surface area contributed by atoms with E-state index in [2.05, 4.69) is 15.5 Å². The molecule has 6 heteroatoms. The van der Waals surface area contributed by atoms with Crippen molar-refractivity contribution < 1.29 is 4.74 Å². The van der Waals surface area contributed by atoms with Gasteiger partial charge in [-0.2, -0.15) is 0 Å². The maximum Gasteiger partial charge on any atom is 0.167 e. The lowest BCUT2D eigenvalue weighted by molar-refractivity contribution is -0.0864. The topological polar surface area (TPSA) is 78.8 Å². The van der Waals surface area contributed by atoms with E-state index in [1.165, 1.54) is 6.42 Å². The van der Waals surface area contributed by atoms with Crippen LogP contribution in [-0.2, 0) is 11.3 Å². The number of methoxy groups -OCH3 is 1. The molecule has 1 atom stereocenters. The molecule has 1 aliphatic carbocycles. The molecule has 1 saturated carbocycles. The zero-order chi connectivity index (χ0) is 10.9. The number of tetrazole rings is 1. The maximum atomic E-state index is 5.77. The molecule has 2 N–H and O–H groups in total. The van der Waals surface area contributed by atoms with E-state index in [1.807, 2.05) is 6.92 Å². The van der Waals surface area contributed by atoms with Crippen molar-refractivity contribution in [3.63, 3.8) is 0 Å². The number of nitrogens with zero attached hydrogens (tertiary/aromatic N) is 4. The van der Waals surface area contributed by atoms with Crippen LogP contribution in [-0.4, -0.2) is 32.9 Å². The maximum absolute atomic E-state index is 5.77. The minimum Gasteiger partial charge on any atom is -0.376 e. The molecule has 1 aromatic heterocycles. The van der Waals surface area contributed by atoms with Gasteiger partial charge in [0.25, 0.3) is 0 Å². The molecule has 1 unspecified atom stereocenters. The van der Waals surface area contributed by atoms with Gasteiger partial charge in [0, 0.05) is 7.11 Å². The predicted molar refractivity (Wildman–Crippen MR) is 54.0 cm³/mol. The summed E-state index contributed by atoms with van der Waals surface area (Å²) >= 11 is 0. The molecule has 1 fully saturated rings. The lowest BCUT2D eigenvalue weighted by Crippen LogP contribution is -2.44. The third kappa shape index (κ3) is 1.87. The van der Waals surface area contributed by atoms with E-state index >= 15 is 0 Å². The van der Waals surface area contributed by atoms with E-state index < -0.39 is 0 Å². The molecule has 0 aromatic carbocycles. The molecule has 15 heavy (non-hydrogen) atoms. The van der Waals surface area contributed by atoms with Crippen molar-refractivity contribution in [2.75, 3.05) is 7.11 Å². The molecule has 2 rings (SSSR count). The summed E-state index contributed by atoms with van der Waals surface area (Å²) in [5, 5.41) is 11.5. The number of ether oxygens (including phenoxy) is 1. The number of nitrogens with two attached hydrogens (primary N) is 1. The van der Waals surface area contributed by atoms with E-state index in [1.54, 1.807) is 11.8 Å². The zero-order valence-electron chi connectivity index (χ0n) is 9.18. The number of hydrogen-bond acceptors (Lipinski definition) is 5. The van der Waals surface area contributed by atoms with Gasteiger partial charge in [0.2, 0.25) is 0 Å². The molecule has 0 radical (unpaired) electrons. The Hall–Kier alpha value is -1.01. The average Bonchev–Trinajstić information content (AvgIpc) is 2.59. The van der Waals surface area contributed by atoms with Crippen LogP contribution in [0, 0.1) is 0 Å². The first-order chi connectivity index (χ1) is 7.17. The summed E-state index contributed by atoms with van der Waals surface area (Å²) in [6, 6.07) is -0.144. The molecule has 0 spiro atoms. The van der Waals surface area contributed by atoms with Gasteiger partial charge < -0.3 is 10.5 Å². The molecular weight excluding hydrogens is 194 g/mol. The Balaban J connectivity index is 2.13. The van der Waals surface area contributed by atoms with E-state index in [0.29, 0.717) is 6.54 Å². The van der Waals surface area contributed by atoms with Gasteiger partial charge in [-0.3, -0.25) is 0 Å². The highest BCUT2D eigenvalue weighted by Gasteiger charge is 2.38. The Morgan fingerprint density at radius 1 is 1.60 bits per heavy atom. The fourth-order valence-electron chi connectivity index (χ4n) is 1.92. The Morgan fingerprint density at radius 2 is 2.33 bits per heavy atom. The minimum absolute atomic E-state index is 0.0704. The van der Waals surface area contributed by atoms with Crippen LogP contribution in [0.15, 0.2) is 0 Å². The highest BCUT2D eigenvalue weighted by atomic mass is 16.5. The standard InChI is InChI=1S/C9H17N5O/c1-7(10)8-11-12-13-14(8)6-9(15-2)4-3-5-9/h7H,3-6,10H2,1-2H3. The predicted octanol–water partition coefficient (Wildman–Crippen LogP) is 0.262. The summed E-state index contributed by atoms with van der Waals surface area (Å²) in [6.45, 7) is 2.58. The first kappa shape index (κ1) is 10.5. The SMILES string of the molecule is COC1(Cn2nnnc2C(C)N)CCC1. The number of rotatable bonds is 4. The monoisotopic (exact) mass is 211 g/mol. The van der Waals surface area contributed by atoms with Crippen molar-refractivity contribution in [3.05, 3.63) is 5.82 Å². The van der Waals surface area contributed by atoms with Crippen molar-refractivity contribution in [1.82, 2.24) is 20.2 Å². The fourth-order valence-corrected chi connectivity index (χ4v) is 1.92. The van der Waals surface area contributed by atoms with Crippen molar-refractivity contribution >= 4 is 0 Å². The van der Waals surface area contributed by atoms with E-state index in [0.717, 1.165) is 18.7 Å². The van der Waals surface area contributed by atoms with Gasteiger partial charge >= 0.3 is 0 Å². The fraction of sp³-hybridized carbons (Fsp3) is 0.889. The molecule has 1 aliphatic rings. The Kier molecular flexibility index (Phi) is 2.70. The normalized spacial score (nSPS) is 21.0.